The predicted octanol–water partition coefficient (Wildman–Crippen LogP) is 2.97. The number of nitrogens with zero attached hydrogens (tertiary/aromatic N) is 1. The minimum atomic E-state index is 0.790. The summed E-state index contributed by atoms with van der Waals surface area (Å²) in [6, 6.07) is 6.18. The molecule has 2 N–H and O–H groups in total. The fourth-order valence-electron chi connectivity index (χ4n) is 2.11. The summed E-state index contributed by atoms with van der Waals surface area (Å²) in [5.41, 5.74) is 7.94. The third-order valence-corrected chi connectivity index (χ3v) is 4.16. The number of halogens is 1. The van der Waals surface area contributed by atoms with Crippen molar-refractivity contribution >= 4 is 34.0 Å². The maximum absolute atomic E-state index is 5.76. The van der Waals surface area contributed by atoms with Gasteiger partial charge in [-0.3, -0.25) is 0 Å². The first-order chi connectivity index (χ1) is 7.08. The quantitative estimate of drug-likeness (QED) is 0.637. The van der Waals surface area contributed by atoms with Crippen molar-refractivity contribution in [3.8, 4) is 0 Å². The van der Waals surface area contributed by atoms with Crippen LogP contribution in [0, 0.1) is 15.4 Å². The zero-order valence-corrected chi connectivity index (χ0v) is 11.4. The van der Waals surface area contributed by atoms with Crippen LogP contribution in [-0.2, 0) is 0 Å². The Morgan fingerprint density at radius 1 is 1.27 bits per heavy atom. The van der Waals surface area contributed by atoms with E-state index in [2.05, 4.69) is 47.4 Å². The predicted molar refractivity (Wildman–Crippen MR) is 74.1 cm³/mol. The molecule has 82 valence electrons. The van der Waals surface area contributed by atoms with E-state index in [-0.39, 0.29) is 0 Å². The molecule has 0 saturated carbocycles. The highest BCUT2D eigenvalue weighted by molar-refractivity contribution is 14.1. The van der Waals surface area contributed by atoms with Gasteiger partial charge in [0.15, 0.2) is 0 Å². The molecule has 2 rings (SSSR count). The molecule has 0 aliphatic carbocycles. The van der Waals surface area contributed by atoms with Gasteiger partial charge < -0.3 is 10.6 Å². The van der Waals surface area contributed by atoms with E-state index in [9.17, 15) is 0 Å². The lowest BCUT2D eigenvalue weighted by atomic mass is 10.0. The summed E-state index contributed by atoms with van der Waals surface area (Å²) in [7, 11) is 0. The normalized spacial score (nSPS) is 25.9. The molecule has 1 heterocycles. The van der Waals surface area contributed by atoms with Crippen molar-refractivity contribution in [2.24, 2.45) is 11.8 Å². The van der Waals surface area contributed by atoms with Crippen molar-refractivity contribution in [1.82, 2.24) is 0 Å². The Labute approximate surface area is 105 Å². The monoisotopic (exact) mass is 316 g/mol. The van der Waals surface area contributed by atoms with Crippen molar-refractivity contribution in [2.45, 2.75) is 13.8 Å². The van der Waals surface area contributed by atoms with Crippen LogP contribution in [-0.4, -0.2) is 13.1 Å². The lowest BCUT2D eigenvalue weighted by Crippen LogP contribution is -2.20. The minimum Gasteiger partial charge on any atom is -0.399 e. The Morgan fingerprint density at radius 2 is 1.87 bits per heavy atom. The molecule has 1 saturated heterocycles. The van der Waals surface area contributed by atoms with E-state index in [1.54, 1.807) is 0 Å². The SMILES string of the molecule is CC1CN(c2ccc(N)cc2I)CC1C. The van der Waals surface area contributed by atoms with Crippen LogP contribution in [0.3, 0.4) is 0 Å². The molecule has 1 fully saturated rings. The largest absolute Gasteiger partial charge is 0.399 e. The molecular weight excluding hydrogens is 299 g/mol. The van der Waals surface area contributed by atoms with E-state index in [1.165, 1.54) is 22.3 Å². The second kappa shape index (κ2) is 4.20. The zero-order chi connectivity index (χ0) is 11.0. The van der Waals surface area contributed by atoms with Crippen LogP contribution in [0.5, 0.6) is 0 Å². The topological polar surface area (TPSA) is 29.3 Å². The Balaban J connectivity index is 2.24. The van der Waals surface area contributed by atoms with Crippen LogP contribution in [0.25, 0.3) is 0 Å². The number of nitrogens with two attached hydrogens (primary N) is 1. The maximum Gasteiger partial charge on any atom is 0.0503 e. The lowest BCUT2D eigenvalue weighted by molar-refractivity contribution is 0.494. The number of hydrogen-bond donors (Lipinski definition) is 1. The molecule has 1 aliphatic heterocycles. The molecule has 0 bridgehead atoms. The summed E-state index contributed by atoms with van der Waals surface area (Å²) in [6.07, 6.45) is 0. The van der Waals surface area contributed by atoms with Gasteiger partial charge in [0.25, 0.3) is 0 Å². The van der Waals surface area contributed by atoms with Crippen LogP contribution in [0.15, 0.2) is 18.2 Å². The smallest absolute Gasteiger partial charge is 0.0503 e. The molecule has 0 amide bonds. The first kappa shape index (κ1) is 11.0. The number of benzene rings is 1. The molecule has 0 aromatic heterocycles. The van der Waals surface area contributed by atoms with Gasteiger partial charge in [0, 0.05) is 22.3 Å². The minimum absolute atomic E-state index is 0.790. The molecule has 2 atom stereocenters. The average molecular weight is 316 g/mol. The van der Waals surface area contributed by atoms with E-state index < -0.39 is 0 Å². The van der Waals surface area contributed by atoms with Gasteiger partial charge in [-0.25, -0.2) is 0 Å². The number of hydrogen-bond acceptors (Lipinski definition) is 2. The summed E-state index contributed by atoms with van der Waals surface area (Å²) >= 11 is 2.37. The molecule has 1 aromatic carbocycles. The van der Waals surface area contributed by atoms with Crippen molar-refractivity contribution in [1.29, 1.82) is 0 Å². The summed E-state index contributed by atoms with van der Waals surface area (Å²) < 4.78 is 1.26. The molecule has 0 radical (unpaired) electrons. The van der Waals surface area contributed by atoms with Gasteiger partial charge in [0.1, 0.15) is 0 Å². The second-order valence-electron chi connectivity index (χ2n) is 4.57. The van der Waals surface area contributed by atoms with Crippen molar-refractivity contribution in [3.63, 3.8) is 0 Å². The van der Waals surface area contributed by atoms with Crippen LogP contribution < -0.4 is 10.6 Å². The van der Waals surface area contributed by atoms with Gasteiger partial charge in [-0.2, -0.15) is 0 Å². The van der Waals surface area contributed by atoms with Crippen molar-refractivity contribution in [2.75, 3.05) is 23.7 Å². The summed E-state index contributed by atoms with van der Waals surface area (Å²) in [6.45, 7) is 6.99. The molecule has 1 aliphatic rings. The van der Waals surface area contributed by atoms with E-state index in [0.29, 0.717) is 0 Å². The van der Waals surface area contributed by atoms with Crippen LogP contribution in [0.4, 0.5) is 11.4 Å². The Morgan fingerprint density at radius 3 is 2.40 bits per heavy atom. The number of anilines is 2. The molecule has 1 aromatic rings. The highest BCUT2D eigenvalue weighted by atomic mass is 127. The van der Waals surface area contributed by atoms with Gasteiger partial charge in [-0.05, 0) is 52.6 Å². The fraction of sp³-hybridized carbons (Fsp3) is 0.500. The van der Waals surface area contributed by atoms with E-state index in [4.69, 9.17) is 5.73 Å². The molecule has 2 nitrogen and oxygen atoms in total. The third kappa shape index (κ3) is 2.22. The van der Waals surface area contributed by atoms with Gasteiger partial charge in [0.2, 0.25) is 0 Å². The molecule has 15 heavy (non-hydrogen) atoms. The molecular formula is C12H17IN2. The highest BCUT2D eigenvalue weighted by Crippen LogP contribution is 2.31. The molecule has 0 spiro atoms. The van der Waals surface area contributed by atoms with Crippen LogP contribution in [0.2, 0.25) is 0 Å². The standard InChI is InChI=1S/C12H17IN2/c1-8-6-15(7-9(8)2)12-4-3-10(14)5-11(12)13/h3-5,8-9H,6-7,14H2,1-2H3. The van der Waals surface area contributed by atoms with Gasteiger partial charge >= 0.3 is 0 Å². The van der Waals surface area contributed by atoms with Crippen LogP contribution >= 0.6 is 22.6 Å². The molecule has 3 heteroatoms. The lowest BCUT2D eigenvalue weighted by Gasteiger charge is -2.20. The highest BCUT2D eigenvalue weighted by Gasteiger charge is 2.26. The van der Waals surface area contributed by atoms with E-state index >= 15 is 0 Å². The van der Waals surface area contributed by atoms with Gasteiger partial charge in [-0.15, -0.1) is 0 Å². The summed E-state index contributed by atoms with van der Waals surface area (Å²) in [5.74, 6) is 1.58. The first-order valence-corrected chi connectivity index (χ1v) is 6.46. The summed E-state index contributed by atoms with van der Waals surface area (Å²) in [4.78, 5) is 2.47. The van der Waals surface area contributed by atoms with Crippen molar-refractivity contribution in [3.05, 3.63) is 21.8 Å². The van der Waals surface area contributed by atoms with Gasteiger partial charge in [-0.1, -0.05) is 13.8 Å². The first-order valence-electron chi connectivity index (χ1n) is 5.38. The van der Waals surface area contributed by atoms with E-state index in [0.717, 1.165) is 17.5 Å². The van der Waals surface area contributed by atoms with Gasteiger partial charge in [0.05, 0.1) is 5.69 Å². The Hall–Kier alpha value is -0.450. The van der Waals surface area contributed by atoms with Crippen LogP contribution in [0.1, 0.15) is 13.8 Å². The Kier molecular flexibility index (Phi) is 3.09. The maximum atomic E-state index is 5.76. The average Bonchev–Trinajstić information content (AvgIpc) is 2.46. The number of nitrogen functional groups attached to an aromatic ring is 1. The molecule has 2 unspecified atom stereocenters. The third-order valence-electron chi connectivity index (χ3n) is 3.30. The van der Waals surface area contributed by atoms with E-state index in [1.807, 2.05) is 12.1 Å². The number of rotatable bonds is 1. The fourth-order valence-corrected chi connectivity index (χ4v) is 2.99. The second-order valence-corrected chi connectivity index (χ2v) is 5.73. The summed E-state index contributed by atoms with van der Waals surface area (Å²) in [5, 5.41) is 0. The zero-order valence-electron chi connectivity index (χ0n) is 9.20. The van der Waals surface area contributed by atoms with Crippen molar-refractivity contribution < 1.29 is 0 Å². The Bertz CT molecular complexity index is 355.